The minimum absolute atomic E-state index is 0.0000321. The van der Waals surface area contributed by atoms with Crippen LogP contribution in [-0.2, 0) is 0 Å². The molecule has 2 nitrogen and oxygen atoms in total. The van der Waals surface area contributed by atoms with Gasteiger partial charge in [-0.1, -0.05) is 60.2 Å². The zero-order chi connectivity index (χ0) is 15.1. The molecule has 0 fully saturated rings. The molecule has 22 heavy (non-hydrogen) atoms. The van der Waals surface area contributed by atoms with E-state index in [-0.39, 0.29) is 12.3 Å². The van der Waals surface area contributed by atoms with Crippen molar-refractivity contribution in [1.82, 2.24) is 5.32 Å². The van der Waals surface area contributed by atoms with Gasteiger partial charge in [0.2, 0.25) is 0 Å². The molecular formula is C20H19NO. The van der Waals surface area contributed by atoms with Gasteiger partial charge in [-0.05, 0) is 36.2 Å². The molecule has 1 aliphatic heterocycles. The summed E-state index contributed by atoms with van der Waals surface area (Å²) in [6.45, 7) is 4.17. The number of benzene rings is 3. The minimum atomic E-state index is -0.0000321. The number of aryl methyl sites for hydroxylation is 1. The Labute approximate surface area is 130 Å². The highest BCUT2D eigenvalue weighted by Gasteiger charge is 2.28. The molecule has 3 aromatic rings. The molecule has 2 atom stereocenters. The lowest BCUT2D eigenvalue weighted by atomic mass is 9.91. The van der Waals surface area contributed by atoms with E-state index in [0.717, 1.165) is 5.75 Å². The fourth-order valence-electron chi connectivity index (χ4n) is 3.24. The summed E-state index contributed by atoms with van der Waals surface area (Å²) in [5, 5.41) is 6.08. The van der Waals surface area contributed by atoms with Crippen molar-refractivity contribution in [2.24, 2.45) is 0 Å². The summed E-state index contributed by atoms with van der Waals surface area (Å²) in [4.78, 5) is 0. The SMILES string of the molecule is Cc1ccc([C@@H]2N[C@@H](C)Oc3ccc4ccccc4c32)cc1. The molecule has 0 spiro atoms. The van der Waals surface area contributed by atoms with Crippen LogP contribution < -0.4 is 10.1 Å². The van der Waals surface area contributed by atoms with Crippen molar-refractivity contribution in [3.05, 3.63) is 77.4 Å². The number of fused-ring (bicyclic) bond motifs is 3. The van der Waals surface area contributed by atoms with Gasteiger partial charge >= 0.3 is 0 Å². The van der Waals surface area contributed by atoms with E-state index in [1.54, 1.807) is 0 Å². The lowest BCUT2D eigenvalue weighted by Crippen LogP contribution is -2.39. The van der Waals surface area contributed by atoms with Crippen LogP contribution in [0.25, 0.3) is 10.8 Å². The Bertz CT molecular complexity index is 823. The lowest BCUT2D eigenvalue weighted by Gasteiger charge is -2.33. The molecule has 1 aliphatic rings. The molecule has 0 saturated heterocycles. The molecule has 3 aromatic carbocycles. The first-order valence-electron chi connectivity index (χ1n) is 7.73. The highest BCUT2D eigenvalue weighted by Crippen LogP contribution is 2.39. The van der Waals surface area contributed by atoms with Crippen LogP contribution in [0.2, 0.25) is 0 Å². The predicted molar refractivity (Wildman–Crippen MR) is 90.2 cm³/mol. The minimum Gasteiger partial charge on any atom is -0.475 e. The first-order chi connectivity index (χ1) is 10.7. The van der Waals surface area contributed by atoms with Crippen molar-refractivity contribution in [2.45, 2.75) is 26.1 Å². The van der Waals surface area contributed by atoms with Gasteiger partial charge in [0.1, 0.15) is 12.0 Å². The summed E-state index contributed by atoms with van der Waals surface area (Å²) in [5.41, 5.74) is 3.79. The van der Waals surface area contributed by atoms with E-state index in [1.165, 1.54) is 27.5 Å². The van der Waals surface area contributed by atoms with Crippen LogP contribution in [0.4, 0.5) is 0 Å². The van der Waals surface area contributed by atoms with Crippen LogP contribution in [0.1, 0.15) is 29.7 Å². The van der Waals surface area contributed by atoms with Crippen molar-refractivity contribution in [1.29, 1.82) is 0 Å². The van der Waals surface area contributed by atoms with Gasteiger partial charge in [0.25, 0.3) is 0 Å². The molecular weight excluding hydrogens is 270 g/mol. The normalized spacial score (nSPS) is 20.5. The summed E-state index contributed by atoms with van der Waals surface area (Å²) in [7, 11) is 0. The molecule has 110 valence electrons. The Morgan fingerprint density at radius 3 is 2.50 bits per heavy atom. The van der Waals surface area contributed by atoms with E-state index < -0.39 is 0 Å². The highest BCUT2D eigenvalue weighted by molar-refractivity contribution is 5.89. The first kappa shape index (κ1) is 13.4. The molecule has 0 aromatic heterocycles. The van der Waals surface area contributed by atoms with Crippen molar-refractivity contribution in [3.63, 3.8) is 0 Å². The van der Waals surface area contributed by atoms with Crippen molar-refractivity contribution in [2.75, 3.05) is 0 Å². The third kappa shape index (κ3) is 2.16. The first-order valence-corrected chi connectivity index (χ1v) is 7.73. The fourth-order valence-corrected chi connectivity index (χ4v) is 3.24. The van der Waals surface area contributed by atoms with E-state index in [0.29, 0.717) is 0 Å². The molecule has 0 amide bonds. The van der Waals surface area contributed by atoms with E-state index in [2.05, 4.69) is 79.8 Å². The summed E-state index contributed by atoms with van der Waals surface area (Å²) in [6.07, 6.45) is -0.0000321. The van der Waals surface area contributed by atoms with Crippen molar-refractivity contribution < 1.29 is 4.74 Å². The Morgan fingerprint density at radius 2 is 1.68 bits per heavy atom. The van der Waals surface area contributed by atoms with Gasteiger partial charge in [0.05, 0.1) is 6.04 Å². The van der Waals surface area contributed by atoms with Gasteiger partial charge in [-0.15, -0.1) is 0 Å². The van der Waals surface area contributed by atoms with Gasteiger partial charge in [0.15, 0.2) is 0 Å². The molecule has 0 aliphatic carbocycles. The van der Waals surface area contributed by atoms with Crippen LogP contribution in [0, 0.1) is 6.92 Å². The van der Waals surface area contributed by atoms with Gasteiger partial charge in [-0.2, -0.15) is 0 Å². The number of ether oxygens (including phenoxy) is 1. The maximum Gasteiger partial charge on any atom is 0.148 e. The summed E-state index contributed by atoms with van der Waals surface area (Å²) < 4.78 is 6.00. The van der Waals surface area contributed by atoms with E-state index in [9.17, 15) is 0 Å². The number of nitrogens with one attached hydrogen (secondary N) is 1. The van der Waals surface area contributed by atoms with Gasteiger partial charge in [-0.3, -0.25) is 5.32 Å². The summed E-state index contributed by atoms with van der Waals surface area (Å²) in [5.74, 6) is 0.982. The average molecular weight is 289 g/mol. The molecule has 0 unspecified atom stereocenters. The Hall–Kier alpha value is -2.32. The largest absolute Gasteiger partial charge is 0.475 e. The summed E-state index contributed by atoms with van der Waals surface area (Å²) in [6, 6.07) is 21.6. The summed E-state index contributed by atoms with van der Waals surface area (Å²) >= 11 is 0. The molecule has 1 N–H and O–H groups in total. The zero-order valence-corrected chi connectivity index (χ0v) is 12.8. The number of hydrogen-bond donors (Lipinski definition) is 1. The van der Waals surface area contributed by atoms with Gasteiger partial charge < -0.3 is 4.74 Å². The molecule has 0 bridgehead atoms. The monoisotopic (exact) mass is 289 g/mol. The molecule has 0 radical (unpaired) electrons. The van der Waals surface area contributed by atoms with Crippen LogP contribution in [0.15, 0.2) is 60.7 Å². The maximum absolute atomic E-state index is 6.00. The van der Waals surface area contributed by atoms with Gasteiger partial charge in [0, 0.05) is 5.56 Å². The van der Waals surface area contributed by atoms with E-state index in [1.807, 2.05) is 0 Å². The lowest BCUT2D eigenvalue weighted by molar-refractivity contribution is 0.150. The smallest absolute Gasteiger partial charge is 0.148 e. The maximum atomic E-state index is 6.00. The molecule has 4 rings (SSSR count). The Balaban J connectivity index is 1.95. The standard InChI is InChI=1S/C20H19NO/c1-13-7-9-16(10-8-13)20-19-17-6-4-3-5-15(17)11-12-18(19)22-14(2)21-20/h3-12,14,20-21H,1-2H3/t14-,20+/m1/s1. The zero-order valence-electron chi connectivity index (χ0n) is 12.8. The quantitative estimate of drug-likeness (QED) is 0.708. The molecule has 0 saturated carbocycles. The highest BCUT2D eigenvalue weighted by atomic mass is 16.5. The third-order valence-electron chi connectivity index (χ3n) is 4.34. The number of hydrogen-bond acceptors (Lipinski definition) is 2. The second-order valence-corrected chi connectivity index (χ2v) is 5.97. The van der Waals surface area contributed by atoms with Gasteiger partial charge in [-0.25, -0.2) is 0 Å². The van der Waals surface area contributed by atoms with Crippen molar-refractivity contribution in [3.8, 4) is 5.75 Å². The topological polar surface area (TPSA) is 21.3 Å². The van der Waals surface area contributed by atoms with Crippen LogP contribution in [0.5, 0.6) is 5.75 Å². The molecule has 1 heterocycles. The Kier molecular flexibility index (Phi) is 3.12. The van der Waals surface area contributed by atoms with Crippen LogP contribution in [0.3, 0.4) is 0 Å². The Morgan fingerprint density at radius 1 is 0.909 bits per heavy atom. The molecule has 2 heteroatoms. The van der Waals surface area contributed by atoms with E-state index in [4.69, 9.17) is 4.74 Å². The fraction of sp³-hybridized carbons (Fsp3) is 0.200. The second-order valence-electron chi connectivity index (χ2n) is 5.97. The van der Waals surface area contributed by atoms with Crippen LogP contribution >= 0.6 is 0 Å². The number of rotatable bonds is 1. The second kappa shape index (κ2) is 5.15. The van der Waals surface area contributed by atoms with E-state index >= 15 is 0 Å². The predicted octanol–water partition coefficient (Wildman–Crippen LogP) is 4.57. The van der Waals surface area contributed by atoms with Crippen molar-refractivity contribution >= 4 is 10.8 Å². The van der Waals surface area contributed by atoms with Crippen LogP contribution in [-0.4, -0.2) is 6.23 Å². The average Bonchev–Trinajstić information content (AvgIpc) is 2.54. The third-order valence-corrected chi connectivity index (χ3v) is 4.34.